The fourth-order valence-corrected chi connectivity index (χ4v) is 3.73. The molecule has 1 aromatic rings. The first kappa shape index (κ1) is 16.9. The van der Waals surface area contributed by atoms with E-state index in [1.54, 1.807) is 0 Å². The molecule has 2 atom stereocenters. The van der Waals surface area contributed by atoms with Crippen LogP contribution in [0.4, 0.5) is 8.78 Å². The van der Waals surface area contributed by atoms with Gasteiger partial charge in [0.1, 0.15) is 11.6 Å². The van der Waals surface area contributed by atoms with Crippen LogP contribution in [0.2, 0.25) is 0 Å². The van der Waals surface area contributed by atoms with Crippen LogP contribution in [0.15, 0.2) is 18.2 Å². The third-order valence-electron chi connectivity index (χ3n) is 5.14. The molecule has 0 aliphatic heterocycles. The number of rotatable bonds is 5. The zero-order valence-corrected chi connectivity index (χ0v) is 13.6. The summed E-state index contributed by atoms with van der Waals surface area (Å²) in [6.45, 7) is 0. The molecule has 0 aromatic heterocycles. The lowest BCUT2D eigenvalue weighted by atomic mass is 9.92. The molecule has 3 rings (SSSR count). The van der Waals surface area contributed by atoms with Crippen LogP contribution >= 0.6 is 0 Å². The third kappa shape index (κ3) is 3.42. The van der Waals surface area contributed by atoms with Gasteiger partial charge < -0.3 is 10.1 Å². The average molecular weight is 337 g/mol. The number of ether oxygens (including phenoxy) is 1. The third-order valence-corrected chi connectivity index (χ3v) is 5.14. The van der Waals surface area contributed by atoms with Gasteiger partial charge in [-0.15, -0.1) is 0 Å². The van der Waals surface area contributed by atoms with Crippen molar-refractivity contribution in [2.75, 3.05) is 7.11 Å². The summed E-state index contributed by atoms with van der Waals surface area (Å²) < 4.78 is 31.9. The molecule has 130 valence electrons. The molecule has 4 nitrogen and oxygen atoms in total. The van der Waals surface area contributed by atoms with Crippen molar-refractivity contribution >= 4 is 11.9 Å². The van der Waals surface area contributed by atoms with Gasteiger partial charge in [0, 0.05) is 5.92 Å². The molecule has 6 heteroatoms. The summed E-state index contributed by atoms with van der Waals surface area (Å²) in [4.78, 5) is 24.2. The molecule has 0 bridgehead atoms. The van der Waals surface area contributed by atoms with Crippen LogP contribution in [0, 0.1) is 17.6 Å². The highest BCUT2D eigenvalue weighted by atomic mass is 19.1. The van der Waals surface area contributed by atoms with Crippen molar-refractivity contribution in [2.24, 2.45) is 5.92 Å². The van der Waals surface area contributed by atoms with Crippen LogP contribution in [0.25, 0.3) is 0 Å². The quantitative estimate of drug-likeness (QED) is 0.840. The maximum atomic E-state index is 13.8. The molecular formula is C18H21F2NO3. The molecule has 2 fully saturated rings. The summed E-state index contributed by atoms with van der Waals surface area (Å²) in [6, 6.07) is 3.32. The van der Waals surface area contributed by atoms with Gasteiger partial charge in [-0.05, 0) is 48.9 Å². The lowest BCUT2D eigenvalue weighted by Crippen LogP contribution is -2.48. The minimum absolute atomic E-state index is 0.154. The Kier molecular flexibility index (Phi) is 4.56. The molecule has 24 heavy (non-hydrogen) atoms. The monoisotopic (exact) mass is 337 g/mol. The molecular weight excluding hydrogens is 316 g/mol. The van der Waals surface area contributed by atoms with Crippen LogP contribution in [0.3, 0.4) is 0 Å². The lowest BCUT2D eigenvalue weighted by molar-refractivity contribution is -0.142. The van der Waals surface area contributed by atoms with E-state index >= 15 is 0 Å². The van der Waals surface area contributed by atoms with Crippen molar-refractivity contribution < 1.29 is 23.1 Å². The minimum Gasteiger partial charge on any atom is -0.469 e. The SMILES string of the molecule is COC(=O)CC1(NC(=O)[C@@H]2C[C@H]2c2cc(F)ccc2F)CCCC1. The normalized spacial score (nSPS) is 24.5. The van der Waals surface area contributed by atoms with Crippen molar-refractivity contribution in [3.63, 3.8) is 0 Å². The first-order valence-electron chi connectivity index (χ1n) is 8.28. The summed E-state index contributed by atoms with van der Waals surface area (Å²) in [5.41, 5.74) is -0.304. The Hall–Kier alpha value is -1.98. The first-order chi connectivity index (χ1) is 11.4. The summed E-state index contributed by atoms with van der Waals surface area (Å²) >= 11 is 0. The van der Waals surface area contributed by atoms with Gasteiger partial charge in [-0.2, -0.15) is 0 Å². The molecule has 0 radical (unpaired) electrons. The Morgan fingerprint density at radius 2 is 2.00 bits per heavy atom. The maximum Gasteiger partial charge on any atom is 0.307 e. The zero-order chi connectivity index (χ0) is 17.3. The fraction of sp³-hybridized carbons (Fsp3) is 0.556. The second-order valence-electron chi connectivity index (χ2n) is 6.84. The number of esters is 1. The Balaban J connectivity index is 1.67. The summed E-state index contributed by atoms with van der Waals surface area (Å²) in [5.74, 6) is -2.18. The predicted molar refractivity (Wildman–Crippen MR) is 83.2 cm³/mol. The summed E-state index contributed by atoms with van der Waals surface area (Å²) in [5, 5.41) is 3.00. The van der Waals surface area contributed by atoms with E-state index in [1.807, 2.05) is 0 Å². The van der Waals surface area contributed by atoms with E-state index in [0.29, 0.717) is 6.42 Å². The van der Waals surface area contributed by atoms with Crippen molar-refractivity contribution in [2.45, 2.75) is 50.0 Å². The maximum absolute atomic E-state index is 13.8. The van der Waals surface area contributed by atoms with E-state index < -0.39 is 17.2 Å². The average Bonchev–Trinajstić information content (AvgIpc) is 3.23. The predicted octanol–water partition coefficient (Wildman–Crippen LogP) is 3.06. The van der Waals surface area contributed by atoms with Gasteiger partial charge in [0.2, 0.25) is 5.91 Å². The molecule has 1 aromatic carbocycles. The fourth-order valence-electron chi connectivity index (χ4n) is 3.73. The van der Waals surface area contributed by atoms with Crippen molar-refractivity contribution in [3.8, 4) is 0 Å². The van der Waals surface area contributed by atoms with Crippen LogP contribution in [0.5, 0.6) is 0 Å². The number of halogens is 2. The molecule has 0 unspecified atom stereocenters. The van der Waals surface area contributed by atoms with Gasteiger partial charge in [0.05, 0.1) is 19.1 Å². The van der Waals surface area contributed by atoms with Gasteiger partial charge in [0.25, 0.3) is 0 Å². The van der Waals surface area contributed by atoms with Crippen molar-refractivity contribution in [3.05, 3.63) is 35.4 Å². The zero-order valence-electron chi connectivity index (χ0n) is 13.6. The number of benzene rings is 1. The topological polar surface area (TPSA) is 55.4 Å². The molecule has 2 saturated carbocycles. The van der Waals surface area contributed by atoms with E-state index in [4.69, 9.17) is 4.74 Å². The van der Waals surface area contributed by atoms with Crippen LogP contribution in [-0.2, 0) is 14.3 Å². The Morgan fingerprint density at radius 3 is 2.67 bits per heavy atom. The smallest absolute Gasteiger partial charge is 0.307 e. The van der Waals surface area contributed by atoms with E-state index in [0.717, 1.165) is 43.9 Å². The molecule has 0 saturated heterocycles. The van der Waals surface area contributed by atoms with E-state index in [1.165, 1.54) is 7.11 Å². The molecule has 0 spiro atoms. The lowest BCUT2D eigenvalue weighted by Gasteiger charge is -2.29. The van der Waals surface area contributed by atoms with Gasteiger partial charge in [-0.1, -0.05) is 12.8 Å². The Morgan fingerprint density at radius 1 is 1.29 bits per heavy atom. The van der Waals surface area contributed by atoms with Crippen LogP contribution < -0.4 is 5.32 Å². The van der Waals surface area contributed by atoms with Gasteiger partial charge in [-0.25, -0.2) is 8.78 Å². The highest BCUT2D eigenvalue weighted by Gasteiger charge is 2.48. The van der Waals surface area contributed by atoms with Crippen LogP contribution in [0.1, 0.15) is 50.0 Å². The molecule has 0 heterocycles. The first-order valence-corrected chi connectivity index (χ1v) is 8.28. The summed E-state index contributed by atoms with van der Waals surface area (Å²) in [7, 11) is 1.33. The number of carbonyl (C=O) groups is 2. The second-order valence-corrected chi connectivity index (χ2v) is 6.84. The van der Waals surface area contributed by atoms with Gasteiger partial charge in [0.15, 0.2) is 0 Å². The van der Waals surface area contributed by atoms with Gasteiger partial charge >= 0.3 is 5.97 Å². The largest absolute Gasteiger partial charge is 0.469 e. The Labute approximate surface area is 139 Å². The molecule has 2 aliphatic carbocycles. The number of carbonyl (C=O) groups excluding carboxylic acids is 2. The van der Waals surface area contributed by atoms with E-state index in [-0.39, 0.29) is 35.7 Å². The number of methoxy groups -OCH3 is 1. The standard InChI is InChI=1S/C18H21F2NO3/c1-24-16(22)10-18(6-2-3-7-18)21-17(23)14-9-12(14)13-8-11(19)4-5-15(13)20/h4-5,8,12,14H,2-3,6-7,9-10H2,1H3,(H,21,23)/t12-,14+/m0/s1. The Bertz CT molecular complexity index is 656. The highest BCUT2D eigenvalue weighted by Crippen LogP contribution is 2.49. The number of amides is 1. The molecule has 1 N–H and O–H groups in total. The molecule has 1 amide bonds. The van der Waals surface area contributed by atoms with Crippen molar-refractivity contribution in [1.82, 2.24) is 5.32 Å². The number of hydrogen-bond donors (Lipinski definition) is 1. The second kappa shape index (κ2) is 6.49. The highest BCUT2D eigenvalue weighted by molar-refractivity contribution is 5.84. The van der Waals surface area contributed by atoms with E-state index in [2.05, 4.69) is 5.32 Å². The number of nitrogens with one attached hydrogen (secondary N) is 1. The van der Waals surface area contributed by atoms with Crippen molar-refractivity contribution in [1.29, 1.82) is 0 Å². The number of hydrogen-bond acceptors (Lipinski definition) is 3. The molecule has 2 aliphatic rings. The van der Waals surface area contributed by atoms with Crippen LogP contribution in [-0.4, -0.2) is 24.5 Å². The van der Waals surface area contributed by atoms with E-state index in [9.17, 15) is 18.4 Å². The summed E-state index contributed by atoms with van der Waals surface area (Å²) in [6.07, 6.45) is 4.02. The minimum atomic E-state index is -0.558. The van der Waals surface area contributed by atoms with Gasteiger partial charge in [-0.3, -0.25) is 9.59 Å².